The SMILES string of the molecule is CN(c1nc(Cl)nc2sccc12)C1CCC1. The normalized spacial score (nSPS) is 16.4. The van der Waals surface area contributed by atoms with Gasteiger partial charge in [-0.25, -0.2) is 4.98 Å². The van der Waals surface area contributed by atoms with Gasteiger partial charge in [0.1, 0.15) is 10.6 Å². The lowest BCUT2D eigenvalue weighted by Crippen LogP contribution is -2.37. The van der Waals surface area contributed by atoms with Gasteiger partial charge in [-0.1, -0.05) is 0 Å². The molecule has 2 heterocycles. The van der Waals surface area contributed by atoms with Crippen molar-refractivity contribution in [3.63, 3.8) is 0 Å². The van der Waals surface area contributed by atoms with Gasteiger partial charge in [-0.15, -0.1) is 11.3 Å². The maximum atomic E-state index is 5.95. The predicted molar refractivity (Wildman–Crippen MR) is 68.5 cm³/mol. The second-order valence-corrected chi connectivity index (χ2v) is 5.38. The summed E-state index contributed by atoms with van der Waals surface area (Å²) in [5.74, 6) is 0.973. The highest BCUT2D eigenvalue weighted by Gasteiger charge is 2.24. The number of fused-ring (bicyclic) bond motifs is 1. The number of thiophene rings is 1. The highest BCUT2D eigenvalue weighted by Crippen LogP contribution is 2.33. The Kier molecular flexibility index (Phi) is 2.48. The van der Waals surface area contributed by atoms with E-state index in [4.69, 9.17) is 11.6 Å². The third-order valence-electron chi connectivity index (χ3n) is 3.23. The van der Waals surface area contributed by atoms with Crippen LogP contribution in [0, 0.1) is 0 Å². The fourth-order valence-electron chi connectivity index (χ4n) is 2.03. The number of hydrogen-bond acceptors (Lipinski definition) is 4. The summed E-state index contributed by atoms with van der Waals surface area (Å²) < 4.78 is 0. The number of anilines is 1. The number of hydrogen-bond donors (Lipinski definition) is 0. The molecule has 1 aliphatic carbocycles. The van der Waals surface area contributed by atoms with E-state index in [1.165, 1.54) is 19.3 Å². The van der Waals surface area contributed by atoms with Crippen LogP contribution in [0.15, 0.2) is 11.4 Å². The third-order valence-corrected chi connectivity index (χ3v) is 4.21. The molecule has 1 aliphatic rings. The van der Waals surface area contributed by atoms with Crippen LogP contribution < -0.4 is 4.90 Å². The van der Waals surface area contributed by atoms with Crippen LogP contribution in [0.5, 0.6) is 0 Å². The molecule has 84 valence electrons. The largest absolute Gasteiger partial charge is 0.356 e. The summed E-state index contributed by atoms with van der Waals surface area (Å²) in [6.45, 7) is 0. The molecular formula is C11H12ClN3S. The average Bonchev–Trinajstić information content (AvgIpc) is 2.60. The van der Waals surface area contributed by atoms with Crippen LogP contribution >= 0.6 is 22.9 Å². The Hall–Kier alpha value is -0.870. The number of aromatic nitrogens is 2. The Bertz CT molecular complexity index is 521. The van der Waals surface area contributed by atoms with Gasteiger partial charge in [-0.3, -0.25) is 0 Å². The Balaban J connectivity index is 2.09. The highest BCUT2D eigenvalue weighted by atomic mass is 35.5. The van der Waals surface area contributed by atoms with E-state index in [1.807, 2.05) is 5.38 Å². The van der Waals surface area contributed by atoms with E-state index in [-0.39, 0.29) is 0 Å². The molecule has 0 atom stereocenters. The van der Waals surface area contributed by atoms with E-state index in [2.05, 4.69) is 28.0 Å². The van der Waals surface area contributed by atoms with Crippen molar-refractivity contribution in [3.8, 4) is 0 Å². The van der Waals surface area contributed by atoms with Gasteiger partial charge in [-0.2, -0.15) is 4.98 Å². The molecule has 5 heteroatoms. The highest BCUT2D eigenvalue weighted by molar-refractivity contribution is 7.16. The monoisotopic (exact) mass is 253 g/mol. The Labute approximate surface area is 103 Å². The van der Waals surface area contributed by atoms with Crippen LogP contribution in [0.1, 0.15) is 19.3 Å². The molecule has 1 saturated carbocycles. The van der Waals surface area contributed by atoms with Crippen molar-refractivity contribution in [2.45, 2.75) is 25.3 Å². The van der Waals surface area contributed by atoms with E-state index in [0.29, 0.717) is 11.3 Å². The summed E-state index contributed by atoms with van der Waals surface area (Å²) in [6.07, 6.45) is 3.83. The third kappa shape index (κ3) is 1.57. The molecule has 0 bridgehead atoms. The smallest absolute Gasteiger partial charge is 0.225 e. The fourth-order valence-corrected chi connectivity index (χ4v) is 3.00. The number of halogens is 1. The quantitative estimate of drug-likeness (QED) is 0.769. The van der Waals surface area contributed by atoms with E-state index in [9.17, 15) is 0 Å². The Morgan fingerprint density at radius 2 is 2.25 bits per heavy atom. The first-order valence-corrected chi connectivity index (χ1v) is 6.65. The molecule has 2 aromatic rings. The molecular weight excluding hydrogens is 242 g/mol. The van der Waals surface area contributed by atoms with Crippen LogP contribution in [0.4, 0.5) is 5.82 Å². The summed E-state index contributed by atoms with van der Waals surface area (Å²) in [6, 6.07) is 2.69. The van der Waals surface area contributed by atoms with Crippen molar-refractivity contribution in [1.29, 1.82) is 0 Å². The second kappa shape index (κ2) is 3.86. The van der Waals surface area contributed by atoms with E-state index < -0.39 is 0 Å². The van der Waals surface area contributed by atoms with E-state index in [1.54, 1.807) is 11.3 Å². The van der Waals surface area contributed by atoms with Crippen molar-refractivity contribution in [2.24, 2.45) is 0 Å². The van der Waals surface area contributed by atoms with Crippen LogP contribution in [0.3, 0.4) is 0 Å². The molecule has 0 amide bonds. The van der Waals surface area contributed by atoms with Crippen LogP contribution in [-0.2, 0) is 0 Å². The van der Waals surface area contributed by atoms with Crippen LogP contribution in [0.2, 0.25) is 5.28 Å². The van der Waals surface area contributed by atoms with E-state index >= 15 is 0 Å². The minimum absolute atomic E-state index is 0.344. The topological polar surface area (TPSA) is 29.0 Å². The van der Waals surface area contributed by atoms with Gasteiger partial charge < -0.3 is 4.90 Å². The molecule has 0 spiro atoms. The lowest BCUT2D eigenvalue weighted by molar-refractivity contribution is 0.400. The van der Waals surface area contributed by atoms with Gasteiger partial charge in [-0.05, 0) is 42.3 Å². The van der Waals surface area contributed by atoms with Gasteiger partial charge in [0.2, 0.25) is 5.28 Å². The first kappa shape index (κ1) is 10.3. The zero-order valence-corrected chi connectivity index (χ0v) is 10.6. The molecule has 0 N–H and O–H groups in total. The Morgan fingerprint density at radius 1 is 1.44 bits per heavy atom. The minimum Gasteiger partial charge on any atom is -0.356 e. The summed E-state index contributed by atoms with van der Waals surface area (Å²) >= 11 is 7.56. The van der Waals surface area contributed by atoms with E-state index in [0.717, 1.165) is 16.0 Å². The van der Waals surface area contributed by atoms with Gasteiger partial charge in [0.05, 0.1) is 5.39 Å². The number of rotatable bonds is 2. The summed E-state index contributed by atoms with van der Waals surface area (Å²) in [7, 11) is 2.10. The van der Waals surface area contributed by atoms with Crippen LogP contribution in [0.25, 0.3) is 10.2 Å². The molecule has 0 aromatic carbocycles. The predicted octanol–water partition coefficient (Wildman–Crippen LogP) is 3.33. The zero-order chi connectivity index (χ0) is 11.1. The molecule has 0 aliphatic heterocycles. The van der Waals surface area contributed by atoms with Crippen molar-refractivity contribution >= 4 is 39.0 Å². The lowest BCUT2D eigenvalue weighted by atomic mass is 9.92. The molecule has 16 heavy (non-hydrogen) atoms. The standard InChI is InChI=1S/C11H12ClN3S/c1-15(7-3-2-4-7)9-8-5-6-16-10(8)14-11(12)13-9/h5-7H,2-4H2,1H3. The molecule has 1 fully saturated rings. The van der Waals surface area contributed by atoms with Crippen molar-refractivity contribution in [3.05, 3.63) is 16.7 Å². The van der Waals surface area contributed by atoms with Gasteiger partial charge in [0.25, 0.3) is 0 Å². The average molecular weight is 254 g/mol. The molecule has 3 rings (SSSR count). The fraction of sp³-hybridized carbons (Fsp3) is 0.455. The van der Waals surface area contributed by atoms with Crippen molar-refractivity contribution in [2.75, 3.05) is 11.9 Å². The molecule has 3 nitrogen and oxygen atoms in total. The maximum absolute atomic E-state index is 5.95. The first-order chi connectivity index (χ1) is 7.75. The molecule has 0 unspecified atom stereocenters. The minimum atomic E-state index is 0.344. The van der Waals surface area contributed by atoms with Gasteiger partial charge >= 0.3 is 0 Å². The van der Waals surface area contributed by atoms with Crippen LogP contribution in [-0.4, -0.2) is 23.1 Å². The molecule has 2 aromatic heterocycles. The summed E-state index contributed by atoms with van der Waals surface area (Å²) in [4.78, 5) is 11.8. The summed E-state index contributed by atoms with van der Waals surface area (Å²) in [5, 5.41) is 3.49. The van der Waals surface area contributed by atoms with Crippen molar-refractivity contribution in [1.82, 2.24) is 9.97 Å². The lowest BCUT2D eigenvalue weighted by Gasteiger charge is -2.35. The zero-order valence-electron chi connectivity index (χ0n) is 8.98. The van der Waals surface area contributed by atoms with Gasteiger partial charge in [0.15, 0.2) is 0 Å². The van der Waals surface area contributed by atoms with Crippen molar-refractivity contribution < 1.29 is 0 Å². The number of nitrogens with zero attached hydrogens (tertiary/aromatic N) is 3. The molecule has 0 radical (unpaired) electrons. The Morgan fingerprint density at radius 3 is 2.94 bits per heavy atom. The molecule has 0 saturated heterocycles. The van der Waals surface area contributed by atoms with Gasteiger partial charge in [0, 0.05) is 13.1 Å². The summed E-state index contributed by atoms with van der Waals surface area (Å²) in [5.41, 5.74) is 0. The second-order valence-electron chi connectivity index (χ2n) is 4.15. The maximum Gasteiger partial charge on any atom is 0.225 e. The first-order valence-electron chi connectivity index (χ1n) is 5.39.